The zero-order valence-corrected chi connectivity index (χ0v) is 6.41. The molecule has 0 bridgehead atoms. The highest BCUT2D eigenvalue weighted by molar-refractivity contribution is 5.78. The van der Waals surface area contributed by atoms with Gasteiger partial charge in [-0.15, -0.1) is 0 Å². The normalized spacial score (nSPS) is 10.6. The Balaban J connectivity index is 2.91. The van der Waals surface area contributed by atoms with Crippen LogP contribution in [0.4, 0.5) is 0 Å². The lowest BCUT2D eigenvalue weighted by Gasteiger charge is -1.95. The van der Waals surface area contributed by atoms with Crippen molar-refractivity contribution in [2.45, 2.75) is 13.3 Å². The van der Waals surface area contributed by atoms with Gasteiger partial charge in [0.05, 0.1) is 6.21 Å². The van der Waals surface area contributed by atoms with Gasteiger partial charge in [-0.05, 0) is 24.1 Å². The molecule has 1 radical (unpaired) electrons. The molecule has 11 heavy (non-hydrogen) atoms. The second kappa shape index (κ2) is 3.76. The molecule has 0 aliphatic rings. The second-order valence-electron chi connectivity index (χ2n) is 2.25. The molecule has 0 amide bonds. The summed E-state index contributed by atoms with van der Waals surface area (Å²) >= 11 is 0. The third-order valence-corrected chi connectivity index (χ3v) is 1.49. The SMILES string of the molecule is CCc1cc[c]c(C=NO)c1. The molecule has 0 saturated carbocycles. The van der Waals surface area contributed by atoms with Gasteiger partial charge in [-0.3, -0.25) is 0 Å². The van der Waals surface area contributed by atoms with Gasteiger partial charge in [0.25, 0.3) is 0 Å². The molecule has 1 aromatic carbocycles. The topological polar surface area (TPSA) is 32.6 Å². The predicted molar refractivity (Wildman–Crippen MR) is 44.0 cm³/mol. The molecule has 0 aromatic heterocycles. The van der Waals surface area contributed by atoms with Crippen LogP contribution in [0.2, 0.25) is 0 Å². The molecule has 0 spiro atoms. The molecule has 0 aliphatic heterocycles. The van der Waals surface area contributed by atoms with Crippen molar-refractivity contribution in [1.29, 1.82) is 0 Å². The van der Waals surface area contributed by atoms with Crippen LogP contribution in [0.15, 0.2) is 23.4 Å². The van der Waals surface area contributed by atoms with Crippen LogP contribution < -0.4 is 0 Å². The number of hydrogen-bond acceptors (Lipinski definition) is 2. The summed E-state index contributed by atoms with van der Waals surface area (Å²) in [6, 6.07) is 8.70. The van der Waals surface area contributed by atoms with Crippen LogP contribution in [-0.4, -0.2) is 11.4 Å². The quantitative estimate of drug-likeness (QED) is 0.387. The molecule has 57 valence electrons. The summed E-state index contributed by atoms with van der Waals surface area (Å²) < 4.78 is 0. The lowest BCUT2D eigenvalue weighted by atomic mass is 10.1. The number of nitrogens with zero attached hydrogens (tertiary/aromatic N) is 1. The molecule has 0 aliphatic carbocycles. The fraction of sp³-hybridized carbons (Fsp3) is 0.222. The van der Waals surface area contributed by atoms with Gasteiger partial charge in [0, 0.05) is 5.56 Å². The minimum absolute atomic E-state index is 0.812. The van der Waals surface area contributed by atoms with Crippen LogP contribution in [0.25, 0.3) is 0 Å². The van der Waals surface area contributed by atoms with Crippen LogP contribution in [0.5, 0.6) is 0 Å². The Kier molecular flexibility index (Phi) is 2.66. The van der Waals surface area contributed by atoms with Crippen LogP contribution in [0.3, 0.4) is 0 Å². The van der Waals surface area contributed by atoms with Gasteiger partial charge in [-0.25, -0.2) is 0 Å². The molecule has 0 unspecified atom stereocenters. The van der Waals surface area contributed by atoms with E-state index in [1.54, 1.807) is 0 Å². The van der Waals surface area contributed by atoms with Crippen LogP contribution in [-0.2, 0) is 6.42 Å². The van der Waals surface area contributed by atoms with Crippen molar-refractivity contribution in [3.8, 4) is 0 Å². The standard InChI is InChI=1S/C9H10NO/c1-2-8-4-3-5-9(6-8)7-10-11/h3-4,6-7,11H,2H2,1H3. The summed E-state index contributed by atoms with van der Waals surface area (Å²) in [4.78, 5) is 0. The third kappa shape index (κ3) is 2.08. The average molecular weight is 148 g/mol. The smallest absolute Gasteiger partial charge is 0.0740 e. The highest BCUT2D eigenvalue weighted by Crippen LogP contribution is 2.02. The van der Waals surface area contributed by atoms with E-state index in [9.17, 15) is 0 Å². The Morgan fingerprint density at radius 3 is 3.18 bits per heavy atom. The lowest BCUT2D eigenvalue weighted by molar-refractivity contribution is 0.322. The summed E-state index contributed by atoms with van der Waals surface area (Å²) in [5.74, 6) is 0. The highest BCUT2D eigenvalue weighted by atomic mass is 16.4. The number of aryl methyl sites for hydroxylation is 1. The molecule has 0 heterocycles. The molecular formula is C9H10NO. The maximum absolute atomic E-state index is 8.23. The van der Waals surface area contributed by atoms with Crippen molar-refractivity contribution in [2.24, 2.45) is 5.16 Å². The first kappa shape index (κ1) is 7.79. The van der Waals surface area contributed by atoms with Gasteiger partial charge < -0.3 is 5.21 Å². The summed E-state index contributed by atoms with van der Waals surface area (Å²) in [5.41, 5.74) is 2.03. The average Bonchev–Trinajstić information content (AvgIpc) is 2.06. The Morgan fingerprint density at radius 1 is 1.73 bits per heavy atom. The summed E-state index contributed by atoms with van der Waals surface area (Å²) in [6.07, 6.45) is 2.36. The van der Waals surface area contributed by atoms with E-state index in [0.29, 0.717) is 0 Å². The van der Waals surface area contributed by atoms with Crippen molar-refractivity contribution in [1.82, 2.24) is 0 Å². The largest absolute Gasteiger partial charge is 0.411 e. The van der Waals surface area contributed by atoms with E-state index in [-0.39, 0.29) is 0 Å². The van der Waals surface area contributed by atoms with Crippen LogP contribution >= 0.6 is 0 Å². The fourth-order valence-corrected chi connectivity index (χ4v) is 0.891. The van der Waals surface area contributed by atoms with Crippen LogP contribution in [0, 0.1) is 6.07 Å². The molecule has 0 saturated heterocycles. The molecule has 1 aromatic rings. The highest BCUT2D eigenvalue weighted by Gasteiger charge is 1.90. The van der Waals surface area contributed by atoms with Crippen molar-refractivity contribution in [3.63, 3.8) is 0 Å². The van der Waals surface area contributed by atoms with Crippen molar-refractivity contribution in [3.05, 3.63) is 35.4 Å². The first-order valence-electron chi connectivity index (χ1n) is 3.55. The predicted octanol–water partition coefficient (Wildman–Crippen LogP) is 1.86. The molecular weight excluding hydrogens is 138 g/mol. The van der Waals surface area contributed by atoms with Gasteiger partial charge in [0.15, 0.2) is 0 Å². The Bertz CT molecular complexity index is 255. The zero-order chi connectivity index (χ0) is 8.10. The molecule has 1 rings (SSSR count). The number of oxime groups is 1. The number of rotatable bonds is 2. The minimum atomic E-state index is 0.812. The van der Waals surface area contributed by atoms with Gasteiger partial charge >= 0.3 is 0 Å². The first-order chi connectivity index (χ1) is 5.36. The molecule has 2 heteroatoms. The van der Waals surface area contributed by atoms with E-state index in [1.165, 1.54) is 11.8 Å². The lowest BCUT2D eigenvalue weighted by Crippen LogP contribution is -1.84. The maximum atomic E-state index is 8.23. The monoisotopic (exact) mass is 148 g/mol. The minimum Gasteiger partial charge on any atom is -0.411 e. The Morgan fingerprint density at radius 2 is 2.55 bits per heavy atom. The number of benzene rings is 1. The third-order valence-electron chi connectivity index (χ3n) is 1.49. The molecule has 1 N–H and O–H groups in total. The first-order valence-corrected chi connectivity index (χ1v) is 3.55. The molecule has 0 atom stereocenters. The van der Waals surface area contributed by atoms with Gasteiger partial charge in [0.2, 0.25) is 0 Å². The van der Waals surface area contributed by atoms with E-state index in [1.807, 2.05) is 18.2 Å². The van der Waals surface area contributed by atoms with E-state index >= 15 is 0 Å². The Hall–Kier alpha value is -1.31. The van der Waals surface area contributed by atoms with Gasteiger partial charge in [0.1, 0.15) is 0 Å². The molecule has 0 fully saturated rings. The second-order valence-corrected chi connectivity index (χ2v) is 2.25. The summed E-state index contributed by atoms with van der Waals surface area (Å²) in [6.45, 7) is 2.08. The van der Waals surface area contributed by atoms with Crippen molar-refractivity contribution in [2.75, 3.05) is 0 Å². The van der Waals surface area contributed by atoms with Crippen molar-refractivity contribution >= 4 is 6.21 Å². The molecule has 2 nitrogen and oxygen atoms in total. The Labute approximate surface area is 66.2 Å². The van der Waals surface area contributed by atoms with E-state index in [4.69, 9.17) is 5.21 Å². The van der Waals surface area contributed by atoms with Gasteiger partial charge in [-0.1, -0.05) is 24.2 Å². The van der Waals surface area contributed by atoms with E-state index in [2.05, 4.69) is 18.1 Å². The fourth-order valence-electron chi connectivity index (χ4n) is 0.891. The van der Waals surface area contributed by atoms with Gasteiger partial charge in [-0.2, -0.15) is 0 Å². The maximum Gasteiger partial charge on any atom is 0.0740 e. The number of hydrogen-bond donors (Lipinski definition) is 1. The van der Waals surface area contributed by atoms with E-state index < -0.39 is 0 Å². The zero-order valence-electron chi connectivity index (χ0n) is 6.41. The van der Waals surface area contributed by atoms with E-state index in [0.717, 1.165) is 12.0 Å². The summed E-state index contributed by atoms with van der Waals surface area (Å²) in [5, 5.41) is 11.2. The van der Waals surface area contributed by atoms with Crippen LogP contribution in [0.1, 0.15) is 18.1 Å². The summed E-state index contributed by atoms with van der Waals surface area (Å²) in [7, 11) is 0. The van der Waals surface area contributed by atoms with Crippen molar-refractivity contribution < 1.29 is 5.21 Å².